The predicted octanol–water partition coefficient (Wildman–Crippen LogP) is 8.39. The number of aliphatic carboxylic acids is 1. The lowest BCUT2D eigenvalue weighted by Gasteiger charge is -2.52. The Labute approximate surface area is 265 Å². The number of carboxylic acids is 1. The molecular formula is C35H31Cl2F2NO4. The molecular weight excluding hydrogens is 607 g/mol. The van der Waals surface area contributed by atoms with Crippen LogP contribution in [-0.2, 0) is 27.2 Å². The van der Waals surface area contributed by atoms with Gasteiger partial charge in [-0.2, -0.15) is 0 Å². The topological polar surface area (TPSA) is 66.8 Å². The molecule has 0 aromatic heterocycles. The highest BCUT2D eigenvalue weighted by molar-refractivity contribution is 6.30. The number of ether oxygens (including phenoxy) is 1. The molecule has 1 fully saturated rings. The Morgan fingerprint density at radius 2 is 1.48 bits per heavy atom. The third-order valence-electron chi connectivity index (χ3n) is 8.04. The Morgan fingerprint density at radius 3 is 2.05 bits per heavy atom. The molecule has 0 saturated carbocycles. The van der Waals surface area contributed by atoms with E-state index in [1.165, 1.54) is 41.3 Å². The molecule has 0 unspecified atom stereocenters. The molecule has 1 heterocycles. The zero-order chi connectivity index (χ0) is 31.4. The van der Waals surface area contributed by atoms with Crippen molar-refractivity contribution < 1.29 is 28.2 Å². The lowest BCUT2D eigenvalue weighted by Crippen LogP contribution is -2.65. The van der Waals surface area contributed by atoms with Crippen LogP contribution in [0, 0.1) is 11.6 Å². The summed E-state index contributed by atoms with van der Waals surface area (Å²) in [6.07, 6.45) is -1.37. The second-order valence-electron chi connectivity index (χ2n) is 11.0. The maximum atomic E-state index is 14.7. The fraction of sp³-hybridized carbons (Fsp3) is 0.257. The van der Waals surface area contributed by atoms with Gasteiger partial charge in [-0.25, -0.2) is 13.6 Å². The van der Waals surface area contributed by atoms with Crippen LogP contribution < -0.4 is 0 Å². The van der Waals surface area contributed by atoms with Gasteiger partial charge >= 0.3 is 5.97 Å². The number of carbonyl (C=O) groups excluding carboxylic acids is 1. The van der Waals surface area contributed by atoms with Crippen LogP contribution in [-0.4, -0.2) is 33.5 Å². The van der Waals surface area contributed by atoms with Crippen LogP contribution in [0.25, 0.3) is 0 Å². The summed E-state index contributed by atoms with van der Waals surface area (Å²) in [7, 11) is 0. The van der Waals surface area contributed by atoms with Gasteiger partial charge < -0.3 is 14.7 Å². The van der Waals surface area contributed by atoms with E-state index in [-0.39, 0.29) is 19.3 Å². The molecule has 4 aromatic rings. The number of halogens is 4. The molecule has 1 amide bonds. The number of hydrogen-bond acceptors (Lipinski definition) is 3. The van der Waals surface area contributed by atoms with Gasteiger partial charge in [-0.1, -0.05) is 85.1 Å². The number of morpholine rings is 1. The van der Waals surface area contributed by atoms with Crippen LogP contribution in [0.3, 0.4) is 0 Å². The number of nitrogens with zero attached hydrogens (tertiary/aromatic N) is 1. The summed E-state index contributed by atoms with van der Waals surface area (Å²) in [6, 6.07) is 24.4. The summed E-state index contributed by atoms with van der Waals surface area (Å²) in [5, 5.41) is 12.0. The van der Waals surface area contributed by atoms with Crippen molar-refractivity contribution in [2.45, 2.75) is 56.4 Å². The van der Waals surface area contributed by atoms with E-state index in [0.29, 0.717) is 38.7 Å². The lowest BCUT2D eigenvalue weighted by atomic mass is 9.79. The zero-order valence-corrected chi connectivity index (χ0v) is 25.4. The summed E-state index contributed by atoms with van der Waals surface area (Å²) in [5.74, 6) is -2.58. The van der Waals surface area contributed by atoms with E-state index >= 15 is 0 Å². The van der Waals surface area contributed by atoms with Gasteiger partial charge in [0.25, 0.3) is 5.91 Å². The molecule has 1 saturated heterocycles. The summed E-state index contributed by atoms with van der Waals surface area (Å²) in [6.45, 7) is 1.86. The number of carbonyl (C=O) groups is 2. The zero-order valence-electron chi connectivity index (χ0n) is 23.9. The summed E-state index contributed by atoms with van der Waals surface area (Å²) < 4.78 is 34.2. The normalized spacial score (nSPS) is 19.9. The highest BCUT2D eigenvalue weighted by atomic mass is 35.5. The first-order valence-corrected chi connectivity index (χ1v) is 15.1. The standard InChI is InChI=1S/C35H31Cl2F2NO4/c1-2-18-35(34(42)43,21-23-8-16-29(39)17-9-23)40-31(24-10-12-26(36)13-11-24)32(25-4-3-5-27(37)20-25)44-30(33(40)41)19-22-6-14-28(38)15-7-22/h3-17,20,30-32H,2,18-19,21H2,1H3,(H,42,43)/t30-,31+,32-,35+/m1/s1. The van der Waals surface area contributed by atoms with Crippen LogP contribution in [0.2, 0.25) is 10.0 Å². The Hall–Kier alpha value is -3.78. The maximum Gasteiger partial charge on any atom is 0.330 e. The minimum absolute atomic E-state index is 0.0716. The van der Waals surface area contributed by atoms with Gasteiger partial charge in [0.2, 0.25) is 0 Å². The molecule has 0 bridgehead atoms. The van der Waals surface area contributed by atoms with Crippen molar-refractivity contribution in [1.82, 2.24) is 4.90 Å². The highest BCUT2D eigenvalue weighted by Gasteiger charge is 2.56. The molecule has 44 heavy (non-hydrogen) atoms. The van der Waals surface area contributed by atoms with Crippen LogP contribution in [0.1, 0.15) is 54.2 Å². The Morgan fingerprint density at radius 1 is 0.864 bits per heavy atom. The molecule has 4 aromatic carbocycles. The number of hydrogen-bond donors (Lipinski definition) is 1. The van der Waals surface area contributed by atoms with Crippen molar-refractivity contribution in [3.05, 3.63) is 141 Å². The van der Waals surface area contributed by atoms with Crippen molar-refractivity contribution in [2.24, 2.45) is 0 Å². The van der Waals surface area contributed by atoms with Gasteiger partial charge in [0, 0.05) is 22.9 Å². The average molecular weight is 639 g/mol. The van der Waals surface area contributed by atoms with Gasteiger partial charge in [-0.15, -0.1) is 0 Å². The first-order valence-electron chi connectivity index (χ1n) is 14.3. The van der Waals surface area contributed by atoms with Gasteiger partial charge in [0.15, 0.2) is 0 Å². The minimum atomic E-state index is -1.74. The second-order valence-corrected chi connectivity index (χ2v) is 11.9. The van der Waals surface area contributed by atoms with Gasteiger partial charge in [0.1, 0.15) is 29.4 Å². The van der Waals surface area contributed by atoms with Gasteiger partial charge in [0.05, 0.1) is 6.04 Å². The summed E-state index contributed by atoms with van der Waals surface area (Å²) in [4.78, 5) is 29.7. The van der Waals surface area contributed by atoms with Crippen LogP contribution in [0.4, 0.5) is 8.78 Å². The van der Waals surface area contributed by atoms with Crippen molar-refractivity contribution in [3.63, 3.8) is 0 Å². The van der Waals surface area contributed by atoms with E-state index in [4.69, 9.17) is 27.9 Å². The first-order chi connectivity index (χ1) is 21.1. The molecule has 1 N–H and O–H groups in total. The number of carboxylic acid groups (broad SMARTS) is 1. The Kier molecular flexibility index (Phi) is 9.68. The molecule has 1 aliphatic heterocycles. The molecule has 5 rings (SSSR count). The molecule has 9 heteroatoms. The molecule has 0 radical (unpaired) electrons. The van der Waals surface area contributed by atoms with Crippen molar-refractivity contribution in [3.8, 4) is 0 Å². The highest BCUT2D eigenvalue weighted by Crippen LogP contribution is 2.48. The molecule has 1 aliphatic rings. The van der Waals surface area contributed by atoms with Crippen LogP contribution in [0.15, 0.2) is 97.1 Å². The largest absolute Gasteiger partial charge is 0.479 e. The molecule has 0 aliphatic carbocycles. The number of benzene rings is 4. The van der Waals surface area contributed by atoms with Crippen molar-refractivity contribution in [1.29, 1.82) is 0 Å². The monoisotopic (exact) mass is 637 g/mol. The number of amides is 1. The van der Waals surface area contributed by atoms with E-state index in [1.54, 1.807) is 54.6 Å². The lowest BCUT2D eigenvalue weighted by molar-refractivity contribution is -0.195. The molecule has 4 atom stereocenters. The molecule has 5 nitrogen and oxygen atoms in total. The maximum absolute atomic E-state index is 14.7. The quantitative estimate of drug-likeness (QED) is 0.190. The van der Waals surface area contributed by atoms with E-state index < -0.39 is 47.3 Å². The second kappa shape index (κ2) is 13.5. The van der Waals surface area contributed by atoms with Gasteiger partial charge in [-0.3, -0.25) is 4.79 Å². The predicted molar refractivity (Wildman–Crippen MR) is 166 cm³/mol. The smallest absolute Gasteiger partial charge is 0.330 e. The van der Waals surface area contributed by atoms with Gasteiger partial charge in [-0.05, 0) is 77.2 Å². The van der Waals surface area contributed by atoms with Crippen LogP contribution in [0.5, 0.6) is 0 Å². The fourth-order valence-electron chi connectivity index (χ4n) is 6.05. The molecule has 0 spiro atoms. The first kappa shape index (κ1) is 31.6. The molecule has 228 valence electrons. The minimum Gasteiger partial charge on any atom is -0.479 e. The SMILES string of the molecule is CCC[C@](Cc1ccc(F)cc1)(C(=O)O)N1C(=O)[C@@H](Cc2ccc(F)cc2)O[C@H](c2cccc(Cl)c2)[C@@H]1c1ccc(Cl)cc1. The van der Waals surface area contributed by atoms with E-state index in [1.807, 2.05) is 13.0 Å². The van der Waals surface area contributed by atoms with Crippen molar-refractivity contribution in [2.75, 3.05) is 0 Å². The Bertz CT molecular complexity index is 1620. The fourth-order valence-corrected chi connectivity index (χ4v) is 6.37. The average Bonchev–Trinajstić information content (AvgIpc) is 3.00. The van der Waals surface area contributed by atoms with Crippen LogP contribution >= 0.6 is 23.2 Å². The third kappa shape index (κ3) is 6.65. The van der Waals surface area contributed by atoms with E-state index in [9.17, 15) is 23.5 Å². The van der Waals surface area contributed by atoms with E-state index in [2.05, 4.69) is 0 Å². The third-order valence-corrected chi connectivity index (χ3v) is 8.53. The summed E-state index contributed by atoms with van der Waals surface area (Å²) in [5.41, 5.74) is 0.737. The van der Waals surface area contributed by atoms with Crippen molar-refractivity contribution >= 4 is 35.1 Å². The Balaban J connectivity index is 1.74. The van der Waals surface area contributed by atoms with E-state index in [0.717, 1.165) is 0 Å². The summed E-state index contributed by atoms with van der Waals surface area (Å²) >= 11 is 12.7. The number of rotatable bonds is 10.